The Morgan fingerprint density at radius 3 is 2.45 bits per heavy atom. The molecule has 0 unspecified atom stereocenters. The molecule has 4 heteroatoms. The van der Waals surface area contributed by atoms with Crippen LogP contribution in [-0.2, 0) is 13.0 Å². The van der Waals surface area contributed by atoms with Gasteiger partial charge in [0.05, 0.1) is 5.56 Å². The number of carbonyl (C=O) groups is 1. The molecule has 0 atom stereocenters. The molecule has 0 amide bonds. The predicted octanol–water partition coefficient (Wildman–Crippen LogP) is 2.42. The van der Waals surface area contributed by atoms with Crippen LogP contribution in [0.4, 0.5) is 0 Å². The molecule has 0 radical (unpaired) electrons. The highest BCUT2D eigenvalue weighted by Crippen LogP contribution is 2.10. The zero-order valence-electron chi connectivity index (χ0n) is 11.0. The average Bonchev–Trinajstić information content (AvgIpc) is 2.46. The fraction of sp³-hybridized carbons (Fsp3) is 0.188. The molecule has 0 fully saturated rings. The molecule has 2 aromatic carbocycles. The molecule has 104 valence electrons. The summed E-state index contributed by atoms with van der Waals surface area (Å²) in [4.78, 5) is 11.1. The van der Waals surface area contributed by atoms with Gasteiger partial charge in [-0.1, -0.05) is 30.3 Å². The Morgan fingerprint density at radius 2 is 1.75 bits per heavy atom. The summed E-state index contributed by atoms with van der Waals surface area (Å²) in [5.41, 5.74) is 2.27. The van der Waals surface area contributed by atoms with Gasteiger partial charge in [0.25, 0.3) is 0 Å². The summed E-state index contributed by atoms with van der Waals surface area (Å²) in [5.74, 6) is -0.636. The van der Waals surface area contributed by atoms with Gasteiger partial charge in [0.1, 0.15) is 5.75 Å². The van der Waals surface area contributed by atoms with E-state index >= 15 is 0 Å². The van der Waals surface area contributed by atoms with Crippen molar-refractivity contribution in [3.63, 3.8) is 0 Å². The van der Waals surface area contributed by atoms with E-state index in [9.17, 15) is 9.90 Å². The number of carboxylic acid groups (broad SMARTS) is 1. The van der Waals surface area contributed by atoms with Crippen LogP contribution < -0.4 is 5.32 Å². The molecule has 3 N–H and O–H groups in total. The van der Waals surface area contributed by atoms with Crippen molar-refractivity contribution in [2.45, 2.75) is 13.0 Å². The van der Waals surface area contributed by atoms with Gasteiger partial charge in [0.15, 0.2) is 0 Å². The van der Waals surface area contributed by atoms with E-state index < -0.39 is 5.97 Å². The Balaban J connectivity index is 1.84. The van der Waals surface area contributed by atoms with E-state index in [2.05, 4.69) is 5.32 Å². The molecular weight excluding hydrogens is 254 g/mol. The minimum absolute atomic E-state index is 0.254. The van der Waals surface area contributed by atoms with Crippen LogP contribution in [0.5, 0.6) is 5.75 Å². The van der Waals surface area contributed by atoms with Crippen molar-refractivity contribution in [1.29, 1.82) is 0 Å². The summed E-state index contributed by atoms with van der Waals surface area (Å²) in [6.45, 7) is 1.39. The number of hydrogen-bond acceptors (Lipinski definition) is 3. The van der Waals surface area contributed by atoms with E-state index in [0.29, 0.717) is 25.1 Å². The topological polar surface area (TPSA) is 69.6 Å². The Morgan fingerprint density at radius 1 is 1.05 bits per heavy atom. The van der Waals surface area contributed by atoms with Gasteiger partial charge in [-0.25, -0.2) is 4.79 Å². The highest BCUT2D eigenvalue weighted by molar-refractivity contribution is 5.89. The van der Waals surface area contributed by atoms with Crippen LogP contribution in [0.3, 0.4) is 0 Å². The summed E-state index contributed by atoms with van der Waals surface area (Å²) in [5, 5.41) is 21.5. The lowest BCUT2D eigenvalue weighted by atomic mass is 10.0. The normalized spacial score (nSPS) is 10.4. The molecule has 20 heavy (non-hydrogen) atoms. The van der Waals surface area contributed by atoms with Gasteiger partial charge < -0.3 is 15.5 Å². The molecule has 0 aliphatic carbocycles. The van der Waals surface area contributed by atoms with E-state index in [-0.39, 0.29) is 5.75 Å². The van der Waals surface area contributed by atoms with Gasteiger partial charge >= 0.3 is 5.97 Å². The second-order valence-electron chi connectivity index (χ2n) is 4.56. The number of carboxylic acids is 1. The maximum absolute atomic E-state index is 11.1. The molecular formula is C16H17NO3. The maximum atomic E-state index is 11.1. The van der Waals surface area contributed by atoms with Crippen molar-refractivity contribution in [1.82, 2.24) is 5.32 Å². The maximum Gasteiger partial charge on any atom is 0.335 e. The second kappa shape index (κ2) is 6.73. The Kier molecular flexibility index (Phi) is 4.74. The van der Waals surface area contributed by atoms with Crippen molar-refractivity contribution in [2.24, 2.45) is 0 Å². The van der Waals surface area contributed by atoms with E-state index in [1.54, 1.807) is 24.3 Å². The Hall–Kier alpha value is -2.33. The molecule has 0 heterocycles. The summed E-state index contributed by atoms with van der Waals surface area (Å²) >= 11 is 0. The smallest absolute Gasteiger partial charge is 0.335 e. The summed E-state index contributed by atoms with van der Waals surface area (Å²) in [7, 11) is 0. The zero-order chi connectivity index (χ0) is 14.4. The number of phenolic OH excluding ortho intramolecular Hbond substituents is 1. The third-order valence-corrected chi connectivity index (χ3v) is 3.08. The van der Waals surface area contributed by atoms with E-state index in [1.165, 1.54) is 0 Å². The molecule has 0 aromatic heterocycles. The van der Waals surface area contributed by atoms with E-state index in [1.807, 2.05) is 24.3 Å². The van der Waals surface area contributed by atoms with Crippen LogP contribution in [0.2, 0.25) is 0 Å². The third kappa shape index (κ3) is 3.83. The number of benzene rings is 2. The lowest BCUT2D eigenvalue weighted by Gasteiger charge is -2.07. The second-order valence-corrected chi connectivity index (χ2v) is 4.56. The summed E-state index contributed by atoms with van der Waals surface area (Å²) in [6, 6.07) is 14.1. The van der Waals surface area contributed by atoms with Crippen molar-refractivity contribution >= 4 is 5.97 Å². The lowest BCUT2D eigenvalue weighted by Crippen LogP contribution is -2.17. The number of aromatic carboxylic acids is 1. The van der Waals surface area contributed by atoms with Crippen molar-refractivity contribution < 1.29 is 15.0 Å². The number of nitrogens with one attached hydrogen (secondary N) is 1. The predicted molar refractivity (Wildman–Crippen MR) is 76.9 cm³/mol. The first-order valence-corrected chi connectivity index (χ1v) is 6.46. The third-order valence-electron chi connectivity index (χ3n) is 3.08. The van der Waals surface area contributed by atoms with Crippen molar-refractivity contribution in [3.05, 3.63) is 65.2 Å². The molecule has 0 aliphatic rings. The number of aromatic hydroxyl groups is 1. The molecule has 2 rings (SSSR count). The first-order valence-electron chi connectivity index (χ1n) is 6.46. The van der Waals surface area contributed by atoms with Gasteiger partial charge in [0, 0.05) is 6.54 Å². The highest BCUT2D eigenvalue weighted by atomic mass is 16.4. The minimum atomic E-state index is -0.890. The molecule has 0 aliphatic heterocycles. The highest BCUT2D eigenvalue weighted by Gasteiger charge is 2.07. The fourth-order valence-electron chi connectivity index (χ4n) is 2.02. The van der Waals surface area contributed by atoms with E-state index in [0.717, 1.165) is 11.1 Å². The number of hydrogen-bond donors (Lipinski definition) is 3. The van der Waals surface area contributed by atoms with Crippen molar-refractivity contribution in [3.8, 4) is 5.75 Å². The van der Waals surface area contributed by atoms with Gasteiger partial charge in [-0.2, -0.15) is 0 Å². The molecule has 0 saturated carbocycles. The van der Waals surface area contributed by atoms with Crippen molar-refractivity contribution in [2.75, 3.05) is 6.54 Å². The number of phenols is 1. The van der Waals surface area contributed by atoms with Crippen LogP contribution in [-0.4, -0.2) is 22.7 Å². The largest absolute Gasteiger partial charge is 0.508 e. The monoisotopic (exact) mass is 271 g/mol. The van der Waals surface area contributed by atoms with Gasteiger partial charge in [0.2, 0.25) is 0 Å². The molecule has 4 nitrogen and oxygen atoms in total. The SMILES string of the molecule is O=C(O)c1ccccc1CCNCc1ccc(O)cc1. The lowest BCUT2D eigenvalue weighted by molar-refractivity contribution is 0.0695. The molecule has 0 spiro atoms. The summed E-state index contributed by atoms with van der Waals surface area (Å²) < 4.78 is 0. The van der Waals surface area contributed by atoms with Crippen LogP contribution in [0.1, 0.15) is 21.5 Å². The first-order chi connectivity index (χ1) is 9.66. The van der Waals surface area contributed by atoms with Crippen LogP contribution in [0.15, 0.2) is 48.5 Å². The average molecular weight is 271 g/mol. The van der Waals surface area contributed by atoms with Crippen LogP contribution >= 0.6 is 0 Å². The Bertz CT molecular complexity index is 579. The van der Waals surface area contributed by atoms with Gasteiger partial charge in [-0.15, -0.1) is 0 Å². The van der Waals surface area contributed by atoms with Crippen LogP contribution in [0.25, 0.3) is 0 Å². The molecule has 2 aromatic rings. The minimum Gasteiger partial charge on any atom is -0.508 e. The molecule has 0 bridgehead atoms. The van der Waals surface area contributed by atoms with Gasteiger partial charge in [-0.3, -0.25) is 0 Å². The quantitative estimate of drug-likeness (QED) is 0.706. The molecule has 0 saturated heterocycles. The zero-order valence-corrected chi connectivity index (χ0v) is 11.0. The van der Waals surface area contributed by atoms with E-state index in [4.69, 9.17) is 5.11 Å². The Labute approximate surface area is 117 Å². The van der Waals surface area contributed by atoms with Gasteiger partial charge in [-0.05, 0) is 42.3 Å². The standard InChI is InChI=1S/C16H17NO3/c18-14-7-5-12(6-8-14)11-17-10-9-13-3-1-2-4-15(13)16(19)20/h1-8,17-18H,9-11H2,(H,19,20). The van der Waals surface area contributed by atoms with Crippen LogP contribution in [0, 0.1) is 0 Å². The number of rotatable bonds is 6. The first kappa shape index (κ1) is 14.1. The fourth-order valence-corrected chi connectivity index (χ4v) is 2.02. The summed E-state index contributed by atoms with van der Waals surface area (Å²) in [6.07, 6.45) is 0.667.